The molecule has 1 aromatic carbocycles. The second-order valence-electron chi connectivity index (χ2n) is 5.43. The molecule has 0 saturated carbocycles. The van der Waals surface area contributed by atoms with Crippen LogP contribution in [0.1, 0.15) is 33.6 Å². The zero-order valence-electron chi connectivity index (χ0n) is 12.5. The van der Waals surface area contributed by atoms with Crippen molar-refractivity contribution in [1.82, 2.24) is 5.32 Å². The molecule has 2 N–H and O–H groups in total. The van der Waals surface area contributed by atoms with Crippen LogP contribution >= 0.6 is 0 Å². The molecule has 0 atom stereocenters. The number of halogens is 1. The van der Waals surface area contributed by atoms with Gasteiger partial charge in [0.25, 0.3) is 0 Å². The number of hydrogen-bond donors (Lipinski definition) is 2. The number of nitrogens with one attached hydrogen (secondary N) is 1. The summed E-state index contributed by atoms with van der Waals surface area (Å²) in [6, 6.07) is 5.41. The molecule has 0 unspecified atom stereocenters. The van der Waals surface area contributed by atoms with E-state index < -0.39 is 17.3 Å². The van der Waals surface area contributed by atoms with E-state index in [0.29, 0.717) is 18.7 Å². The van der Waals surface area contributed by atoms with Crippen LogP contribution in [-0.4, -0.2) is 29.2 Å². The van der Waals surface area contributed by atoms with Gasteiger partial charge in [-0.2, -0.15) is 0 Å². The number of nitrogens with zero attached hydrogens (tertiary/aromatic N) is 1. The molecule has 1 aromatic rings. The molecule has 0 radical (unpaired) electrons. The van der Waals surface area contributed by atoms with E-state index in [4.69, 9.17) is 5.11 Å². The normalized spacial score (nSPS) is 11.0. The summed E-state index contributed by atoms with van der Waals surface area (Å²) in [4.78, 5) is 24.3. The zero-order valence-corrected chi connectivity index (χ0v) is 12.5. The van der Waals surface area contributed by atoms with Crippen LogP contribution in [0, 0.1) is 5.82 Å². The molecule has 0 fully saturated rings. The fraction of sp³-hybridized carbons (Fsp3) is 0.467. The van der Waals surface area contributed by atoms with E-state index in [0.717, 1.165) is 0 Å². The van der Waals surface area contributed by atoms with E-state index in [1.807, 2.05) is 0 Å². The van der Waals surface area contributed by atoms with Crippen LogP contribution in [0.25, 0.3) is 0 Å². The molecule has 5 nitrogen and oxygen atoms in total. The summed E-state index contributed by atoms with van der Waals surface area (Å²) in [6.45, 7) is 5.68. The van der Waals surface area contributed by atoms with E-state index in [2.05, 4.69) is 5.32 Å². The van der Waals surface area contributed by atoms with Crippen LogP contribution in [0.15, 0.2) is 24.3 Å². The van der Waals surface area contributed by atoms with Crippen LogP contribution < -0.4 is 10.2 Å². The summed E-state index contributed by atoms with van der Waals surface area (Å²) in [5.74, 6) is -1.32. The van der Waals surface area contributed by atoms with Gasteiger partial charge >= 0.3 is 12.0 Å². The van der Waals surface area contributed by atoms with Gasteiger partial charge in [0.05, 0.1) is 0 Å². The van der Waals surface area contributed by atoms with E-state index in [9.17, 15) is 14.0 Å². The number of hydrogen-bond acceptors (Lipinski definition) is 2. The van der Waals surface area contributed by atoms with E-state index >= 15 is 0 Å². The number of carbonyl (C=O) groups excluding carboxylic acids is 1. The van der Waals surface area contributed by atoms with Crippen molar-refractivity contribution in [2.24, 2.45) is 0 Å². The highest BCUT2D eigenvalue weighted by atomic mass is 19.1. The number of aliphatic carboxylic acids is 1. The van der Waals surface area contributed by atoms with E-state index in [-0.39, 0.29) is 12.5 Å². The molecule has 21 heavy (non-hydrogen) atoms. The van der Waals surface area contributed by atoms with Crippen LogP contribution in [0.3, 0.4) is 0 Å². The average Bonchev–Trinajstić information content (AvgIpc) is 2.37. The number of amides is 2. The maximum absolute atomic E-state index is 13.3. The smallest absolute Gasteiger partial charge is 0.322 e. The first-order chi connectivity index (χ1) is 9.75. The Kier molecular flexibility index (Phi) is 5.69. The molecule has 0 heterocycles. The van der Waals surface area contributed by atoms with Gasteiger partial charge in [0.15, 0.2) is 0 Å². The summed E-state index contributed by atoms with van der Waals surface area (Å²) >= 11 is 0. The standard InChI is InChI=1S/C15H21FN2O3/c1-4-18(12-7-5-6-11(16)10-12)14(21)17-15(2,3)9-8-13(19)20/h5-7,10H,4,8-9H2,1-3H3,(H,17,21)(H,19,20). The molecule has 0 spiro atoms. The predicted molar refractivity (Wildman–Crippen MR) is 78.9 cm³/mol. The van der Waals surface area contributed by atoms with Gasteiger partial charge in [-0.05, 0) is 45.4 Å². The topological polar surface area (TPSA) is 69.6 Å². The summed E-state index contributed by atoms with van der Waals surface area (Å²) < 4.78 is 13.3. The monoisotopic (exact) mass is 296 g/mol. The lowest BCUT2D eigenvalue weighted by atomic mass is 9.99. The number of carboxylic acid groups (broad SMARTS) is 1. The highest BCUT2D eigenvalue weighted by molar-refractivity contribution is 5.92. The third kappa shape index (κ3) is 5.41. The summed E-state index contributed by atoms with van der Waals surface area (Å²) in [5.41, 5.74) is -0.194. The molecule has 0 aliphatic rings. The van der Waals surface area contributed by atoms with Gasteiger partial charge in [-0.25, -0.2) is 9.18 Å². The first-order valence-corrected chi connectivity index (χ1v) is 6.82. The maximum atomic E-state index is 13.3. The Bertz CT molecular complexity index is 517. The molecule has 0 aromatic heterocycles. The largest absolute Gasteiger partial charge is 0.481 e. The first kappa shape index (κ1) is 16.9. The molecule has 0 aliphatic heterocycles. The van der Waals surface area contributed by atoms with Crippen LogP contribution in [-0.2, 0) is 4.79 Å². The number of urea groups is 1. The highest BCUT2D eigenvalue weighted by Gasteiger charge is 2.24. The lowest BCUT2D eigenvalue weighted by molar-refractivity contribution is -0.137. The van der Waals surface area contributed by atoms with Crippen molar-refractivity contribution in [3.8, 4) is 0 Å². The van der Waals surface area contributed by atoms with Crippen LogP contribution in [0.5, 0.6) is 0 Å². The van der Waals surface area contributed by atoms with Gasteiger partial charge in [-0.15, -0.1) is 0 Å². The Balaban J connectivity index is 2.77. The van der Waals surface area contributed by atoms with E-state index in [1.165, 1.54) is 23.1 Å². The van der Waals surface area contributed by atoms with Crippen molar-refractivity contribution < 1.29 is 19.1 Å². The van der Waals surface area contributed by atoms with Gasteiger partial charge in [-0.3, -0.25) is 9.69 Å². The third-order valence-electron chi connectivity index (χ3n) is 3.09. The van der Waals surface area contributed by atoms with E-state index in [1.54, 1.807) is 26.8 Å². The van der Waals surface area contributed by atoms with Crippen molar-refractivity contribution in [3.63, 3.8) is 0 Å². The fourth-order valence-electron chi connectivity index (χ4n) is 1.93. The van der Waals surface area contributed by atoms with Gasteiger partial charge in [0, 0.05) is 24.2 Å². The number of benzene rings is 1. The molecule has 6 heteroatoms. The minimum Gasteiger partial charge on any atom is -0.481 e. The Morgan fingerprint density at radius 3 is 2.57 bits per heavy atom. The van der Waals surface area contributed by atoms with Crippen molar-refractivity contribution in [1.29, 1.82) is 0 Å². The minimum atomic E-state index is -0.908. The molecular weight excluding hydrogens is 275 g/mol. The van der Waals surface area contributed by atoms with Gasteiger partial charge in [-0.1, -0.05) is 6.07 Å². The minimum absolute atomic E-state index is 0.0284. The zero-order chi connectivity index (χ0) is 16.0. The summed E-state index contributed by atoms with van der Waals surface area (Å²) in [6.07, 6.45) is 0.286. The Morgan fingerprint density at radius 1 is 1.38 bits per heavy atom. The van der Waals surface area contributed by atoms with Crippen molar-refractivity contribution in [3.05, 3.63) is 30.1 Å². The number of anilines is 1. The van der Waals surface area contributed by atoms with Crippen molar-refractivity contribution in [2.45, 2.75) is 39.2 Å². The summed E-state index contributed by atoms with van der Waals surface area (Å²) in [5, 5.41) is 11.5. The first-order valence-electron chi connectivity index (χ1n) is 6.82. The Hall–Kier alpha value is -2.11. The quantitative estimate of drug-likeness (QED) is 0.847. The lowest BCUT2D eigenvalue weighted by Crippen LogP contribution is -2.50. The maximum Gasteiger partial charge on any atom is 0.322 e. The highest BCUT2D eigenvalue weighted by Crippen LogP contribution is 2.18. The molecule has 2 amide bonds. The number of carboxylic acids is 1. The predicted octanol–water partition coefficient (Wildman–Crippen LogP) is 3.01. The molecule has 0 aliphatic carbocycles. The third-order valence-corrected chi connectivity index (χ3v) is 3.09. The second kappa shape index (κ2) is 7.06. The van der Waals surface area contributed by atoms with Gasteiger partial charge < -0.3 is 10.4 Å². The van der Waals surface area contributed by atoms with Crippen molar-refractivity contribution in [2.75, 3.05) is 11.4 Å². The average molecular weight is 296 g/mol. The number of carbonyl (C=O) groups is 2. The Morgan fingerprint density at radius 2 is 2.05 bits per heavy atom. The SMILES string of the molecule is CCN(C(=O)NC(C)(C)CCC(=O)O)c1cccc(F)c1. The van der Waals surface area contributed by atoms with Crippen molar-refractivity contribution >= 4 is 17.7 Å². The number of rotatable bonds is 6. The fourth-order valence-corrected chi connectivity index (χ4v) is 1.93. The molecule has 1 rings (SSSR count). The van der Waals surface area contributed by atoms with Gasteiger partial charge in [0.2, 0.25) is 0 Å². The molecular formula is C15H21FN2O3. The Labute approximate surface area is 123 Å². The second-order valence-corrected chi connectivity index (χ2v) is 5.43. The lowest BCUT2D eigenvalue weighted by Gasteiger charge is -2.30. The molecule has 116 valence electrons. The van der Waals surface area contributed by atoms with Crippen LogP contribution in [0.2, 0.25) is 0 Å². The van der Waals surface area contributed by atoms with Gasteiger partial charge in [0.1, 0.15) is 5.82 Å². The molecule has 0 bridgehead atoms. The summed E-state index contributed by atoms with van der Waals surface area (Å²) in [7, 11) is 0. The molecule has 0 saturated heterocycles. The van der Waals surface area contributed by atoms with Crippen LogP contribution in [0.4, 0.5) is 14.9 Å².